The molecule has 0 amide bonds. The number of rotatable bonds is 6. The highest BCUT2D eigenvalue weighted by Gasteiger charge is 2.38. The molecule has 0 bridgehead atoms. The molecule has 19 heavy (non-hydrogen) atoms. The van der Waals surface area contributed by atoms with Crippen LogP contribution in [0.5, 0.6) is 0 Å². The number of aliphatic carboxylic acids is 1. The molecule has 3 nitrogen and oxygen atoms in total. The number of carbonyl (C=O) groups is 1. The third-order valence-electron chi connectivity index (χ3n) is 3.50. The average molecular weight is 275 g/mol. The van der Waals surface area contributed by atoms with Crippen molar-refractivity contribution >= 4 is 17.3 Å². The molecule has 2 rings (SSSR count). The van der Waals surface area contributed by atoms with Gasteiger partial charge in [-0.05, 0) is 40.8 Å². The first-order chi connectivity index (χ1) is 9.19. The minimum Gasteiger partial charge on any atom is -0.481 e. The Morgan fingerprint density at radius 3 is 2.53 bits per heavy atom. The second kappa shape index (κ2) is 5.99. The first kappa shape index (κ1) is 13.8. The van der Waals surface area contributed by atoms with Crippen LogP contribution in [-0.2, 0) is 16.6 Å². The van der Waals surface area contributed by atoms with Gasteiger partial charge in [-0.1, -0.05) is 30.3 Å². The van der Waals surface area contributed by atoms with Gasteiger partial charge >= 0.3 is 5.97 Å². The van der Waals surface area contributed by atoms with E-state index in [0.717, 1.165) is 12.0 Å². The van der Waals surface area contributed by atoms with Gasteiger partial charge in [0.25, 0.3) is 0 Å². The van der Waals surface area contributed by atoms with Gasteiger partial charge in [0.15, 0.2) is 0 Å². The molecule has 2 aromatic rings. The molecule has 100 valence electrons. The number of hydrogen-bond donors (Lipinski definition) is 2. The molecule has 0 spiro atoms. The smallest absolute Gasteiger partial charge is 0.315 e. The average Bonchev–Trinajstić information content (AvgIpc) is 2.94. The van der Waals surface area contributed by atoms with Crippen molar-refractivity contribution in [3.8, 4) is 0 Å². The summed E-state index contributed by atoms with van der Waals surface area (Å²) in [6, 6.07) is 11.3. The number of aryl methyl sites for hydroxylation is 1. The molecule has 0 aliphatic carbocycles. The van der Waals surface area contributed by atoms with E-state index >= 15 is 0 Å². The van der Waals surface area contributed by atoms with Gasteiger partial charge in [0.2, 0.25) is 0 Å². The second-order valence-electron chi connectivity index (χ2n) is 4.59. The van der Waals surface area contributed by atoms with E-state index in [1.807, 2.05) is 47.2 Å². The maximum Gasteiger partial charge on any atom is 0.315 e. The Morgan fingerprint density at radius 1 is 1.26 bits per heavy atom. The Labute approximate surface area is 116 Å². The monoisotopic (exact) mass is 275 g/mol. The number of carboxylic acid groups (broad SMARTS) is 1. The summed E-state index contributed by atoms with van der Waals surface area (Å²) in [5, 5.41) is 13.7. The van der Waals surface area contributed by atoms with Gasteiger partial charge in [0.1, 0.15) is 5.41 Å². The predicted molar refractivity (Wildman–Crippen MR) is 77.5 cm³/mol. The van der Waals surface area contributed by atoms with E-state index in [1.165, 1.54) is 5.56 Å². The topological polar surface area (TPSA) is 63.3 Å². The van der Waals surface area contributed by atoms with Gasteiger partial charge < -0.3 is 10.8 Å². The molecule has 1 atom stereocenters. The molecule has 0 fully saturated rings. The fraction of sp³-hybridized carbons (Fsp3) is 0.267. The first-order valence-electron chi connectivity index (χ1n) is 6.19. The van der Waals surface area contributed by atoms with Crippen molar-refractivity contribution < 1.29 is 9.90 Å². The van der Waals surface area contributed by atoms with Crippen LogP contribution >= 0.6 is 11.3 Å². The Kier molecular flexibility index (Phi) is 4.35. The first-order valence-corrected chi connectivity index (χ1v) is 7.13. The van der Waals surface area contributed by atoms with Crippen LogP contribution in [0.25, 0.3) is 0 Å². The lowest BCUT2D eigenvalue weighted by atomic mass is 9.76. The highest BCUT2D eigenvalue weighted by molar-refractivity contribution is 7.07. The molecule has 0 aliphatic rings. The van der Waals surface area contributed by atoms with Crippen LogP contribution in [0, 0.1) is 0 Å². The van der Waals surface area contributed by atoms with Crippen LogP contribution in [0.4, 0.5) is 0 Å². The zero-order valence-electron chi connectivity index (χ0n) is 10.6. The maximum atomic E-state index is 11.7. The molecular formula is C15H17NO2S. The van der Waals surface area contributed by atoms with Crippen molar-refractivity contribution in [1.29, 1.82) is 0 Å². The van der Waals surface area contributed by atoms with Gasteiger partial charge in [0, 0.05) is 6.54 Å². The second-order valence-corrected chi connectivity index (χ2v) is 5.37. The zero-order chi connectivity index (χ0) is 13.7. The fourth-order valence-electron chi connectivity index (χ4n) is 2.23. The third kappa shape index (κ3) is 2.85. The van der Waals surface area contributed by atoms with Gasteiger partial charge in [-0.3, -0.25) is 4.79 Å². The van der Waals surface area contributed by atoms with Crippen molar-refractivity contribution in [2.75, 3.05) is 6.54 Å². The van der Waals surface area contributed by atoms with Gasteiger partial charge in [0.05, 0.1) is 0 Å². The molecule has 0 aliphatic heterocycles. The molecular weight excluding hydrogens is 258 g/mol. The number of thiophene rings is 1. The summed E-state index contributed by atoms with van der Waals surface area (Å²) in [6.07, 6.45) is 1.24. The molecule has 0 radical (unpaired) electrons. The summed E-state index contributed by atoms with van der Waals surface area (Å²) < 4.78 is 0. The van der Waals surface area contributed by atoms with E-state index in [4.69, 9.17) is 5.73 Å². The molecule has 1 aromatic carbocycles. The fourth-order valence-corrected chi connectivity index (χ4v) is 2.93. The number of nitrogens with two attached hydrogens (primary N) is 1. The van der Waals surface area contributed by atoms with Gasteiger partial charge in [-0.25, -0.2) is 0 Å². The standard InChI is InChI=1S/C15H17NO2S/c16-11-15(14(17)18,13-4-2-1-3-5-13)8-6-12-7-9-19-10-12/h1-5,7,9-10H,6,8,11,16H2,(H,17,18). The zero-order valence-corrected chi connectivity index (χ0v) is 11.4. The van der Waals surface area contributed by atoms with Crippen molar-refractivity contribution in [3.63, 3.8) is 0 Å². The molecule has 1 heterocycles. The summed E-state index contributed by atoms with van der Waals surface area (Å²) in [7, 11) is 0. The summed E-state index contributed by atoms with van der Waals surface area (Å²) >= 11 is 1.62. The largest absolute Gasteiger partial charge is 0.481 e. The van der Waals surface area contributed by atoms with Crippen LogP contribution in [0.3, 0.4) is 0 Å². The van der Waals surface area contributed by atoms with Crippen molar-refractivity contribution in [1.82, 2.24) is 0 Å². The number of hydrogen-bond acceptors (Lipinski definition) is 3. The van der Waals surface area contributed by atoms with E-state index in [9.17, 15) is 9.90 Å². The molecule has 0 saturated carbocycles. The molecule has 1 unspecified atom stereocenters. The lowest BCUT2D eigenvalue weighted by molar-refractivity contribution is -0.143. The Morgan fingerprint density at radius 2 is 2.00 bits per heavy atom. The lowest BCUT2D eigenvalue weighted by Gasteiger charge is -2.28. The number of carboxylic acids is 1. The SMILES string of the molecule is NCC(CCc1ccsc1)(C(=O)O)c1ccccc1. The normalized spacial score (nSPS) is 13.9. The van der Waals surface area contributed by atoms with Crippen LogP contribution in [0.2, 0.25) is 0 Å². The van der Waals surface area contributed by atoms with E-state index in [2.05, 4.69) is 0 Å². The minimum absolute atomic E-state index is 0.108. The van der Waals surface area contributed by atoms with E-state index in [0.29, 0.717) is 6.42 Å². The van der Waals surface area contributed by atoms with Crippen molar-refractivity contribution in [2.45, 2.75) is 18.3 Å². The highest BCUT2D eigenvalue weighted by Crippen LogP contribution is 2.29. The van der Waals surface area contributed by atoms with E-state index < -0.39 is 11.4 Å². The van der Waals surface area contributed by atoms with E-state index in [1.54, 1.807) is 11.3 Å². The van der Waals surface area contributed by atoms with Crippen LogP contribution in [0.1, 0.15) is 17.5 Å². The van der Waals surface area contributed by atoms with Crippen molar-refractivity contribution in [3.05, 3.63) is 58.3 Å². The third-order valence-corrected chi connectivity index (χ3v) is 4.24. The maximum absolute atomic E-state index is 11.7. The van der Waals surface area contributed by atoms with Gasteiger partial charge in [-0.2, -0.15) is 11.3 Å². The molecule has 0 saturated heterocycles. The number of benzene rings is 1. The van der Waals surface area contributed by atoms with E-state index in [-0.39, 0.29) is 6.54 Å². The predicted octanol–water partition coefficient (Wildman–Crippen LogP) is 2.66. The Bertz CT molecular complexity index is 524. The summed E-state index contributed by atoms with van der Waals surface area (Å²) in [5.74, 6) is -0.851. The minimum atomic E-state index is -0.997. The lowest BCUT2D eigenvalue weighted by Crippen LogP contribution is -2.43. The summed E-state index contributed by atoms with van der Waals surface area (Å²) in [4.78, 5) is 11.7. The Balaban J connectivity index is 2.27. The van der Waals surface area contributed by atoms with Crippen LogP contribution in [0.15, 0.2) is 47.2 Å². The molecule has 4 heteroatoms. The van der Waals surface area contributed by atoms with Crippen LogP contribution < -0.4 is 5.73 Å². The quantitative estimate of drug-likeness (QED) is 0.852. The highest BCUT2D eigenvalue weighted by atomic mass is 32.1. The Hall–Kier alpha value is -1.65. The summed E-state index contributed by atoms with van der Waals surface area (Å²) in [5.41, 5.74) is 6.75. The molecule has 3 N–H and O–H groups in total. The van der Waals surface area contributed by atoms with Crippen LogP contribution in [-0.4, -0.2) is 17.6 Å². The summed E-state index contributed by atoms with van der Waals surface area (Å²) in [6.45, 7) is 0.108. The van der Waals surface area contributed by atoms with Crippen molar-refractivity contribution in [2.24, 2.45) is 5.73 Å². The van der Waals surface area contributed by atoms with Gasteiger partial charge in [-0.15, -0.1) is 0 Å². The molecule has 1 aromatic heterocycles.